The molecule has 0 N–H and O–H groups in total. The van der Waals surface area contributed by atoms with E-state index in [1.807, 2.05) is 85.1 Å². The third kappa shape index (κ3) is 12.7. The van der Waals surface area contributed by atoms with Crippen LogP contribution in [0.1, 0.15) is 25.7 Å². The van der Waals surface area contributed by atoms with Gasteiger partial charge < -0.3 is 0 Å². The van der Waals surface area contributed by atoms with Gasteiger partial charge in [0.2, 0.25) is 0 Å². The summed E-state index contributed by atoms with van der Waals surface area (Å²) in [5.41, 5.74) is 0. The molecule has 1 aliphatic rings. The fourth-order valence-corrected chi connectivity index (χ4v) is 1.70. The minimum atomic E-state index is 1.03. The minimum Gasteiger partial charge on any atom is -0.0845 e. The molecule has 0 aromatic heterocycles. The van der Waals surface area contributed by atoms with Crippen LogP contribution in [0.3, 0.4) is 0 Å². The highest BCUT2D eigenvalue weighted by Gasteiger charge is 1.82. The molecule has 0 saturated carbocycles. The highest BCUT2D eigenvalue weighted by Crippen LogP contribution is 2.01. The monoisotopic (exact) mass is 289 g/mol. The van der Waals surface area contributed by atoms with Crippen LogP contribution in [0.15, 0.2) is 103 Å². The Morgan fingerprint density at radius 3 is 1.45 bits per heavy atom. The number of rotatable bonds is 0. The van der Waals surface area contributed by atoms with E-state index < -0.39 is 0 Å². The average Bonchev–Trinajstić information content (AvgIpc) is 2.53. The summed E-state index contributed by atoms with van der Waals surface area (Å²) in [4.78, 5) is 0. The van der Waals surface area contributed by atoms with Gasteiger partial charge in [0, 0.05) is 0 Å². The zero-order chi connectivity index (χ0) is 15.6. The maximum atomic E-state index is 3.29. The Bertz CT molecular complexity index is 466. The summed E-state index contributed by atoms with van der Waals surface area (Å²) >= 11 is 0. The van der Waals surface area contributed by atoms with Crippen molar-refractivity contribution in [3.63, 3.8) is 0 Å². The lowest BCUT2D eigenvalue weighted by molar-refractivity contribution is 0.754. The molecular weight excluding hydrogens is 264 g/mol. The maximum Gasteiger partial charge on any atom is -0.0276 e. The molecule has 1 rings (SSSR count). The largest absolute Gasteiger partial charge is 0.0845 e. The van der Waals surface area contributed by atoms with Gasteiger partial charge in [-0.05, 0) is 31.8 Å². The molecule has 0 nitrogen and oxygen atoms in total. The Hall–Kier alpha value is -2.34. The van der Waals surface area contributed by atoms with Gasteiger partial charge in [-0.25, -0.2) is 0 Å². The number of hydrogen-bond acceptors (Lipinski definition) is 0. The van der Waals surface area contributed by atoms with Crippen molar-refractivity contribution in [3.05, 3.63) is 109 Å². The molecule has 1 aliphatic carbocycles. The third-order valence-electron chi connectivity index (χ3n) is 2.85. The standard InChI is InChI=1S/C22H25/c1-2-4-6-8-10-12-14-16-18-20-22-21-19-17-15-13-11-9-7-5-3-1/h1-17H,18,20-22H2/b3-1+,4-2+,7-5+,8-6-,11-9-,12-10+,15-13+,16-14+,19-17?. The minimum absolute atomic E-state index is 1.03. The first kappa shape index (κ1) is 17.7. The summed E-state index contributed by atoms with van der Waals surface area (Å²) in [7, 11) is 0. The van der Waals surface area contributed by atoms with Gasteiger partial charge in [-0.15, -0.1) is 0 Å². The fraction of sp³-hybridized carbons (Fsp3) is 0.182. The predicted octanol–water partition coefficient (Wildman–Crippen LogP) is 6.37. The smallest absolute Gasteiger partial charge is 0.0276 e. The molecule has 0 spiro atoms. The van der Waals surface area contributed by atoms with Crippen molar-refractivity contribution in [1.82, 2.24) is 0 Å². The van der Waals surface area contributed by atoms with Gasteiger partial charge in [-0.1, -0.05) is 103 Å². The van der Waals surface area contributed by atoms with Crippen LogP contribution in [0.5, 0.6) is 0 Å². The quantitative estimate of drug-likeness (QED) is 0.486. The average molecular weight is 289 g/mol. The maximum absolute atomic E-state index is 3.29. The Kier molecular flexibility index (Phi) is 12.1. The number of allylic oxidation sites excluding steroid dienone is 18. The van der Waals surface area contributed by atoms with Gasteiger partial charge in [-0.2, -0.15) is 0 Å². The normalized spacial score (nSPS) is 30.5. The Morgan fingerprint density at radius 1 is 0.455 bits per heavy atom. The van der Waals surface area contributed by atoms with Gasteiger partial charge >= 0.3 is 0 Å². The molecule has 113 valence electrons. The van der Waals surface area contributed by atoms with Crippen LogP contribution in [0.4, 0.5) is 0 Å². The van der Waals surface area contributed by atoms with Gasteiger partial charge in [0.25, 0.3) is 0 Å². The summed E-state index contributed by atoms with van der Waals surface area (Å²) in [5, 5.41) is 0. The van der Waals surface area contributed by atoms with Crippen molar-refractivity contribution in [2.45, 2.75) is 25.7 Å². The molecule has 0 amide bonds. The van der Waals surface area contributed by atoms with E-state index in [2.05, 4.69) is 24.3 Å². The van der Waals surface area contributed by atoms with Crippen molar-refractivity contribution in [1.29, 1.82) is 0 Å². The van der Waals surface area contributed by atoms with E-state index in [0.29, 0.717) is 0 Å². The fourth-order valence-electron chi connectivity index (χ4n) is 1.70. The van der Waals surface area contributed by atoms with Crippen LogP contribution in [-0.2, 0) is 0 Å². The SMILES string of the molecule is [C]1=C/C=C/C=C\C=C\C=C\C=C\C=C/C=C/C=C/CCCC/1. The van der Waals surface area contributed by atoms with E-state index in [1.54, 1.807) is 0 Å². The topological polar surface area (TPSA) is 0 Å². The Balaban J connectivity index is 2.53. The molecule has 22 heavy (non-hydrogen) atoms. The molecule has 0 saturated heterocycles. The van der Waals surface area contributed by atoms with E-state index in [4.69, 9.17) is 0 Å². The van der Waals surface area contributed by atoms with E-state index in [1.165, 1.54) is 12.8 Å². The van der Waals surface area contributed by atoms with Crippen molar-refractivity contribution in [2.24, 2.45) is 0 Å². The van der Waals surface area contributed by atoms with Crippen molar-refractivity contribution >= 4 is 0 Å². The second-order valence-electron chi connectivity index (χ2n) is 4.74. The summed E-state index contributed by atoms with van der Waals surface area (Å²) in [5.74, 6) is 0. The van der Waals surface area contributed by atoms with Crippen LogP contribution in [0.25, 0.3) is 0 Å². The number of hydrogen-bond donors (Lipinski definition) is 0. The van der Waals surface area contributed by atoms with Gasteiger partial charge in [0.15, 0.2) is 0 Å². The van der Waals surface area contributed by atoms with E-state index in [9.17, 15) is 0 Å². The van der Waals surface area contributed by atoms with Crippen LogP contribution in [-0.4, -0.2) is 0 Å². The second-order valence-corrected chi connectivity index (χ2v) is 4.74. The van der Waals surface area contributed by atoms with E-state index >= 15 is 0 Å². The molecule has 0 fully saturated rings. The molecular formula is C22H25. The molecule has 0 bridgehead atoms. The molecule has 0 heterocycles. The van der Waals surface area contributed by atoms with Crippen LogP contribution in [0, 0.1) is 6.08 Å². The Morgan fingerprint density at radius 2 is 0.909 bits per heavy atom. The Labute approximate surface area is 135 Å². The van der Waals surface area contributed by atoms with Crippen LogP contribution in [0.2, 0.25) is 0 Å². The summed E-state index contributed by atoms with van der Waals surface area (Å²) in [6.07, 6.45) is 42.5. The predicted molar refractivity (Wildman–Crippen MR) is 99.4 cm³/mol. The molecule has 1 radical (unpaired) electrons. The first-order valence-corrected chi connectivity index (χ1v) is 7.88. The summed E-state index contributed by atoms with van der Waals surface area (Å²) in [6.45, 7) is 0. The second kappa shape index (κ2) is 15.1. The molecule has 0 aromatic rings. The molecule has 0 unspecified atom stereocenters. The first-order valence-electron chi connectivity index (χ1n) is 7.88. The molecule has 0 aliphatic heterocycles. The highest BCUT2D eigenvalue weighted by molar-refractivity contribution is 5.21. The zero-order valence-electron chi connectivity index (χ0n) is 13.1. The molecule has 0 heteroatoms. The van der Waals surface area contributed by atoms with Crippen molar-refractivity contribution in [2.75, 3.05) is 0 Å². The van der Waals surface area contributed by atoms with Gasteiger partial charge in [0.1, 0.15) is 0 Å². The third-order valence-corrected chi connectivity index (χ3v) is 2.85. The van der Waals surface area contributed by atoms with Crippen molar-refractivity contribution in [3.8, 4) is 0 Å². The first-order chi connectivity index (χ1) is 11.0. The van der Waals surface area contributed by atoms with Gasteiger partial charge in [0.05, 0.1) is 0 Å². The van der Waals surface area contributed by atoms with Crippen LogP contribution < -0.4 is 0 Å². The lowest BCUT2D eigenvalue weighted by atomic mass is 10.2. The van der Waals surface area contributed by atoms with Gasteiger partial charge in [-0.3, -0.25) is 0 Å². The lowest BCUT2D eigenvalue weighted by Crippen LogP contribution is -1.72. The summed E-state index contributed by atoms with van der Waals surface area (Å²) < 4.78 is 0. The molecule has 0 aromatic carbocycles. The van der Waals surface area contributed by atoms with Crippen LogP contribution >= 0.6 is 0 Å². The van der Waals surface area contributed by atoms with E-state index in [0.717, 1.165) is 12.8 Å². The van der Waals surface area contributed by atoms with Crippen molar-refractivity contribution < 1.29 is 0 Å². The molecule has 0 atom stereocenters. The lowest BCUT2D eigenvalue weighted by Gasteiger charge is -1.91. The zero-order valence-corrected chi connectivity index (χ0v) is 13.1. The highest BCUT2D eigenvalue weighted by atomic mass is 13.9. The van der Waals surface area contributed by atoms with E-state index in [-0.39, 0.29) is 0 Å². The summed E-state index contributed by atoms with van der Waals surface area (Å²) in [6, 6.07) is 0.